The molecule has 4 atom stereocenters. The molecular formula is C24H30F3N7O4. The molecule has 1 aliphatic carbocycles. The van der Waals surface area contributed by atoms with Crippen LogP contribution in [-0.4, -0.2) is 86.6 Å². The molecule has 11 nitrogen and oxygen atoms in total. The lowest BCUT2D eigenvalue weighted by Crippen LogP contribution is -2.55. The number of halogens is 3. The van der Waals surface area contributed by atoms with Crippen LogP contribution < -0.4 is 15.8 Å². The maximum absolute atomic E-state index is 13.3. The van der Waals surface area contributed by atoms with Gasteiger partial charge in [-0.2, -0.15) is 18.3 Å². The van der Waals surface area contributed by atoms with Crippen LogP contribution in [0.15, 0.2) is 23.4 Å². The third-order valence-corrected chi connectivity index (χ3v) is 7.22. The van der Waals surface area contributed by atoms with Crippen molar-refractivity contribution in [3.8, 4) is 0 Å². The number of alkyl halides is 3. The number of hydrogen-bond acceptors (Lipinski definition) is 9. The first-order chi connectivity index (χ1) is 18.1. The highest BCUT2D eigenvalue weighted by Crippen LogP contribution is 2.39. The van der Waals surface area contributed by atoms with E-state index in [4.69, 9.17) is 4.74 Å². The molecule has 3 fully saturated rings. The van der Waals surface area contributed by atoms with Crippen LogP contribution in [0.2, 0.25) is 0 Å². The van der Waals surface area contributed by atoms with E-state index in [0.29, 0.717) is 44.3 Å². The van der Waals surface area contributed by atoms with Crippen LogP contribution in [0.5, 0.6) is 0 Å². The molecule has 4 heterocycles. The normalized spacial score (nSPS) is 25.1. The van der Waals surface area contributed by atoms with Gasteiger partial charge in [0, 0.05) is 44.5 Å². The molecule has 0 bridgehead atoms. The minimum Gasteiger partial charge on any atom is -0.389 e. The van der Waals surface area contributed by atoms with E-state index >= 15 is 0 Å². The van der Waals surface area contributed by atoms with Crippen molar-refractivity contribution in [2.75, 3.05) is 36.5 Å². The highest BCUT2D eigenvalue weighted by Gasteiger charge is 2.42. The average Bonchev–Trinajstić information content (AvgIpc) is 3.65. The van der Waals surface area contributed by atoms with E-state index < -0.39 is 41.2 Å². The van der Waals surface area contributed by atoms with Gasteiger partial charge in [-0.05, 0) is 37.7 Å². The lowest BCUT2D eigenvalue weighted by atomic mass is 10.0. The fourth-order valence-corrected chi connectivity index (χ4v) is 5.10. The Balaban J connectivity index is 1.13. The van der Waals surface area contributed by atoms with Gasteiger partial charge in [0.1, 0.15) is 11.7 Å². The van der Waals surface area contributed by atoms with Gasteiger partial charge in [-0.15, -0.1) is 0 Å². The largest absolute Gasteiger partial charge is 0.423 e. The first-order valence-electron chi connectivity index (χ1n) is 12.7. The number of carbonyl (C=O) groups is 1. The number of aromatic nitrogens is 4. The van der Waals surface area contributed by atoms with Crippen LogP contribution in [0.25, 0.3) is 0 Å². The number of hydrogen-bond donors (Lipinski definition) is 3. The quantitative estimate of drug-likeness (QED) is 0.458. The minimum absolute atomic E-state index is 0.0659. The van der Waals surface area contributed by atoms with Gasteiger partial charge in [-0.25, -0.2) is 15.1 Å². The smallest absolute Gasteiger partial charge is 0.389 e. The molecule has 1 amide bonds. The number of aromatic amines is 1. The summed E-state index contributed by atoms with van der Waals surface area (Å²) in [5.74, 6) is 0.868. The summed E-state index contributed by atoms with van der Waals surface area (Å²) < 4.78 is 45.5. The minimum atomic E-state index is -4.86. The molecular weight excluding hydrogens is 507 g/mol. The number of likely N-dealkylation sites (tertiary alicyclic amines) is 1. The van der Waals surface area contributed by atoms with Crippen molar-refractivity contribution in [1.82, 2.24) is 25.1 Å². The lowest BCUT2D eigenvalue weighted by molar-refractivity contribution is -0.141. The van der Waals surface area contributed by atoms with E-state index in [9.17, 15) is 27.9 Å². The Morgan fingerprint density at radius 1 is 1.16 bits per heavy atom. The number of β-amino-alcohol motifs (C(OH)–C–C–N with tert-alkyl or cyclic N) is 1. The zero-order valence-electron chi connectivity index (χ0n) is 20.8. The Hall–Kier alpha value is -3.26. The van der Waals surface area contributed by atoms with Crippen molar-refractivity contribution < 1.29 is 27.8 Å². The zero-order chi connectivity index (χ0) is 27.0. The fraction of sp³-hybridized carbons (Fsp3) is 0.625. The summed E-state index contributed by atoms with van der Waals surface area (Å²) in [6.45, 7) is 2.82. The number of H-pyrrole nitrogens is 1. The van der Waals surface area contributed by atoms with Gasteiger partial charge in [-0.3, -0.25) is 9.59 Å². The molecule has 2 saturated heterocycles. The molecule has 2 aromatic rings. The van der Waals surface area contributed by atoms with Crippen molar-refractivity contribution in [3.05, 3.63) is 40.1 Å². The molecule has 0 aromatic carbocycles. The Morgan fingerprint density at radius 2 is 1.89 bits per heavy atom. The summed E-state index contributed by atoms with van der Waals surface area (Å²) >= 11 is 0. The van der Waals surface area contributed by atoms with Crippen molar-refractivity contribution in [1.29, 1.82) is 0 Å². The van der Waals surface area contributed by atoms with Crippen LogP contribution in [0.1, 0.15) is 49.7 Å². The molecule has 14 heteroatoms. The number of piperidine rings is 1. The molecule has 3 aliphatic rings. The van der Waals surface area contributed by atoms with Crippen LogP contribution in [-0.2, 0) is 15.7 Å². The standard InChI is InChI=1S/C24H30F3N7O4/c1-13(31-16-10-30-32-21(36)20(16)24(25,26)27)12-38-19-5-7-34(22(19)37)17-4-6-33(11-18(17)35)23-28-8-15(9-29-23)14-2-3-14/h8-10,13-14,17-19,35H,2-7,11-12H2,1H3,(H2,31,32,36). The molecule has 1 saturated carbocycles. The van der Waals surface area contributed by atoms with Crippen molar-refractivity contribution in [2.45, 2.75) is 69.0 Å². The number of aliphatic hydroxyl groups is 1. The third kappa shape index (κ3) is 5.60. The second-order valence-corrected chi connectivity index (χ2v) is 10.1. The number of aliphatic hydroxyl groups excluding tert-OH is 1. The van der Waals surface area contributed by atoms with Crippen LogP contribution >= 0.6 is 0 Å². The summed E-state index contributed by atoms with van der Waals surface area (Å²) in [5.41, 5.74) is -2.04. The Bertz CT molecular complexity index is 1200. The highest BCUT2D eigenvalue weighted by molar-refractivity contribution is 5.83. The predicted molar refractivity (Wildman–Crippen MR) is 130 cm³/mol. The van der Waals surface area contributed by atoms with Gasteiger partial charge in [0.05, 0.1) is 30.6 Å². The number of nitrogens with zero attached hydrogens (tertiary/aromatic N) is 5. The van der Waals surface area contributed by atoms with Crippen LogP contribution in [0.3, 0.4) is 0 Å². The van der Waals surface area contributed by atoms with Crippen LogP contribution in [0.4, 0.5) is 24.8 Å². The average molecular weight is 538 g/mol. The third-order valence-electron chi connectivity index (χ3n) is 7.22. The number of ether oxygens (including phenoxy) is 1. The number of rotatable bonds is 8. The molecule has 5 rings (SSSR count). The van der Waals surface area contributed by atoms with Gasteiger partial charge < -0.3 is 25.0 Å². The lowest BCUT2D eigenvalue weighted by Gasteiger charge is -2.40. The highest BCUT2D eigenvalue weighted by atomic mass is 19.4. The van der Waals surface area contributed by atoms with Crippen molar-refractivity contribution >= 4 is 17.5 Å². The summed E-state index contributed by atoms with van der Waals surface area (Å²) in [7, 11) is 0. The van der Waals surface area contributed by atoms with Crippen LogP contribution in [0, 0.1) is 0 Å². The molecule has 38 heavy (non-hydrogen) atoms. The molecule has 0 spiro atoms. The Morgan fingerprint density at radius 3 is 2.55 bits per heavy atom. The second kappa shape index (κ2) is 10.5. The van der Waals surface area contributed by atoms with Gasteiger partial charge in [0.2, 0.25) is 5.95 Å². The van der Waals surface area contributed by atoms with Gasteiger partial charge in [-0.1, -0.05) is 0 Å². The summed E-state index contributed by atoms with van der Waals surface area (Å²) in [4.78, 5) is 37.1. The van der Waals surface area contributed by atoms with E-state index in [2.05, 4.69) is 20.4 Å². The topological polar surface area (TPSA) is 137 Å². The van der Waals surface area contributed by atoms with E-state index in [1.54, 1.807) is 16.9 Å². The molecule has 206 valence electrons. The monoisotopic (exact) mass is 537 g/mol. The van der Waals surface area contributed by atoms with Gasteiger partial charge in [0.15, 0.2) is 0 Å². The Kier molecular flexibility index (Phi) is 7.27. The molecule has 3 N–H and O–H groups in total. The zero-order valence-corrected chi connectivity index (χ0v) is 20.8. The summed E-state index contributed by atoms with van der Waals surface area (Å²) in [5, 5.41) is 18.7. The molecule has 4 unspecified atom stereocenters. The predicted octanol–water partition coefficient (Wildman–Crippen LogP) is 1.51. The summed E-state index contributed by atoms with van der Waals surface area (Å²) in [6.07, 6.45) is 1.46. The molecule has 2 aromatic heterocycles. The maximum Gasteiger partial charge on any atom is 0.423 e. The van der Waals surface area contributed by atoms with Gasteiger partial charge in [0.25, 0.3) is 11.5 Å². The van der Waals surface area contributed by atoms with E-state index in [1.807, 2.05) is 17.3 Å². The van der Waals surface area contributed by atoms with E-state index in [1.165, 1.54) is 12.8 Å². The van der Waals surface area contributed by atoms with Crippen molar-refractivity contribution in [2.24, 2.45) is 0 Å². The first-order valence-corrected chi connectivity index (χ1v) is 12.7. The van der Waals surface area contributed by atoms with E-state index in [-0.39, 0.29) is 18.6 Å². The van der Waals surface area contributed by atoms with Crippen molar-refractivity contribution in [3.63, 3.8) is 0 Å². The fourth-order valence-electron chi connectivity index (χ4n) is 5.10. The second-order valence-electron chi connectivity index (χ2n) is 10.1. The summed E-state index contributed by atoms with van der Waals surface area (Å²) in [6, 6.07) is -1.01. The van der Waals surface area contributed by atoms with Gasteiger partial charge >= 0.3 is 6.18 Å². The van der Waals surface area contributed by atoms with E-state index in [0.717, 1.165) is 11.8 Å². The number of anilines is 2. The number of amides is 1. The maximum atomic E-state index is 13.3. The SMILES string of the molecule is CC(COC1CCN(C2CCN(c3ncc(C4CC4)cn3)CC2O)C1=O)Nc1cn[nH]c(=O)c1C(F)(F)F. The molecule has 0 radical (unpaired) electrons. The number of carbonyl (C=O) groups excluding carboxylic acids is 1. The Labute approximate surface area is 216 Å². The first kappa shape index (κ1) is 26.4. The molecule has 2 aliphatic heterocycles. The number of nitrogens with one attached hydrogen (secondary N) is 2.